The lowest BCUT2D eigenvalue weighted by molar-refractivity contribution is -0.385. The Balaban J connectivity index is 1.71. The third-order valence-electron chi connectivity index (χ3n) is 3.85. The van der Waals surface area contributed by atoms with E-state index in [-0.39, 0.29) is 16.3 Å². The average molecular weight is 551 g/mol. The van der Waals surface area contributed by atoms with Crippen LogP contribution in [0, 0.1) is 13.7 Å². The first-order valence-electron chi connectivity index (χ1n) is 8.62. The predicted octanol–water partition coefficient (Wildman–Crippen LogP) is 3.73. The molecule has 3 aromatic rings. The Hall–Kier alpha value is -3.32. The number of hydrogen-bond donors (Lipinski definition) is 1. The molecule has 31 heavy (non-hydrogen) atoms. The Morgan fingerprint density at radius 2 is 1.81 bits per heavy atom. The molecule has 1 N–H and O–H groups in total. The van der Waals surface area contributed by atoms with E-state index in [0.29, 0.717) is 11.1 Å². The van der Waals surface area contributed by atoms with Gasteiger partial charge >= 0.3 is 10.1 Å². The van der Waals surface area contributed by atoms with Crippen LogP contribution in [0.4, 0.5) is 5.69 Å². The number of halogens is 1. The van der Waals surface area contributed by atoms with Crippen molar-refractivity contribution in [2.45, 2.75) is 4.90 Å². The summed E-state index contributed by atoms with van der Waals surface area (Å²) in [6.07, 6.45) is 1.33. The molecule has 0 aromatic heterocycles. The summed E-state index contributed by atoms with van der Waals surface area (Å²) in [7, 11) is -4.28. The number of nitrogens with zero attached hydrogens (tertiary/aromatic N) is 2. The van der Waals surface area contributed by atoms with E-state index in [2.05, 4.69) is 33.1 Å². The lowest BCUT2D eigenvalue weighted by Gasteiger charge is -2.07. The second-order valence-electron chi connectivity index (χ2n) is 6.07. The predicted molar refractivity (Wildman–Crippen MR) is 122 cm³/mol. The molecule has 1 amide bonds. The summed E-state index contributed by atoms with van der Waals surface area (Å²) >= 11 is 2.09. The van der Waals surface area contributed by atoms with Crippen molar-refractivity contribution in [2.24, 2.45) is 5.10 Å². The molecule has 11 heteroatoms. The summed E-state index contributed by atoms with van der Waals surface area (Å²) in [5.74, 6) is -0.408. The van der Waals surface area contributed by atoms with Crippen molar-refractivity contribution in [3.63, 3.8) is 0 Å². The topological polar surface area (TPSA) is 128 Å². The van der Waals surface area contributed by atoms with Crippen LogP contribution in [0.1, 0.15) is 15.9 Å². The van der Waals surface area contributed by atoms with Crippen molar-refractivity contribution in [3.05, 3.63) is 97.6 Å². The Labute approximate surface area is 191 Å². The van der Waals surface area contributed by atoms with Gasteiger partial charge in [-0.15, -0.1) is 0 Å². The fourth-order valence-corrected chi connectivity index (χ4v) is 3.94. The minimum atomic E-state index is -4.28. The van der Waals surface area contributed by atoms with Gasteiger partial charge in [-0.05, 0) is 64.6 Å². The molecule has 0 saturated carbocycles. The molecule has 0 heterocycles. The van der Waals surface area contributed by atoms with Crippen molar-refractivity contribution < 1.29 is 22.3 Å². The van der Waals surface area contributed by atoms with Crippen LogP contribution >= 0.6 is 22.6 Å². The van der Waals surface area contributed by atoms with Crippen molar-refractivity contribution in [1.29, 1.82) is 0 Å². The first-order valence-corrected chi connectivity index (χ1v) is 11.1. The van der Waals surface area contributed by atoms with Crippen molar-refractivity contribution in [3.8, 4) is 5.75 Å². The van der Waals surface area contributed by atoms with E-state index in [0.717, 1.165) is 9.64 Å². The van der Waals surface area contributed by atoms with E-state index in [9.17, 15) is 23.3 Å². The normalized spacial score (nSPS) is 11.3. The van der Waals surface area contributed by atoms with Gasteiger partial charge in [-0.3, -0.25) is 14.9 Å². The van der Waals surface area contributed by atoms with Crippen molar-refractivity contribution >= 4 is 50.5 Å². The van der Waals surface area contributed by atoms with E-state index in [1.165, 1.54) is 36.5 Å². The molecule has 3 aromatic carbocycles. The van der Waals surface area contributed by atoms with Crippen LogP contribution in [0.3, 0.4) is 0 Å². The fraction of sp³-hybridized carbons (Fsp3) is 0. The second-order valence-corrected chi connectivity index (χ2v) is 8.87. The minimum Gasteiger partial charge on any atom is -0.379 e. The third kappa shape index (κ3) is 6.08. The van der Waals surface area contributed by atoms with Gasteiger partial charge in [-0.25, -0.2) is 5.43 Å². The van der Waals surface area contributed by atoms with E-state index in [4.69, 9.17) is 4.18 Å². The summed E-state index contributed by atoms with van der Waals surface area (Å²) in [6, 6.07) is 17.5. The molecule has 3 rings (SSSR count). The zero-order valence-corrected chi connectivity index (χ0v) is 18.6. The molecule has 0 fully saturated rings. The van der Waals surface area contributed by atoms with Gasteiger partial charge in [-0.2, -0.15) is 13.5 Å². The van der Waals surface area contributed by atoms with Gasteiger partial charge in [0, 0.05) is 21.3 Å². The standard InChI is InChI=1S/C20H14IN3O6S/c21-16-6-2-5-15(11-16)20(25)23-22-13-14-4-1-8-18(10-14)30-31(28,29)19-9-3-7-17(12-19)24(26)27/h1-13H,(H,23,25)/b22-13-. The first-order chi connectivity index (χ1) is 14.7. The summed E-state index contributed by atoms with van der Waals surface area (Å²) in [4.78, 5) is 21.9. The van der Waals surface area contributed by atoms with Crippen LogP contribution in [0.2, 0.25) is 0 Å². The van der Waals surface area contributed by atoms with Crippen LogP contribution in [0.25, 0.3) is 0 Å². The van der Waals surface area contributed by atoms with Gasteiger partial charge < -0.3 is 4.18 Å². The van der Waals surface area contributed by atoms with Crippen LogP contribution < -0.4 is 9.61 Å². The quantitative estimate of drug-likeness (QED) is 0.157. The number of hydrogen-bond acceptors (Lipinski definition) is 7. The molecule has 0 aliphatic rings. The monoisotopic (exact) mass is 551 g/mol. The third-order valence-corrected chi connectivity index (χ3v) is 5.76. The fourth-order valence-electron chi connectivity index (χ4n) is 2.43. The van der Waals surface area contributed by atoms with Gasteiger partial charge in [0.15, 0.2) is 0 Å². The van der Waals surface area contributed by atoms with E-state index < -0.39 is 20.9 Å². The smallest absolute Gasteiger partial charge is 0.339 e. The molecule has 0 aliphatic carbocycles. The van der Waals surface area contributed by atoms with Crippen LogP contribution in [-0.4, -0.2) is 25.5 Å². The summed E-state index contributed by atoms with van der Waals surface area (Å²) in [5, 5.41) is 14.7. The molecule has 0 unspecified atom stereocenters. The van der Waals surface area contributed by atoms with Gasteiger partial charge in [0.05, 0.1) is 11.1 Å². The molecule has 0 radical (unpaired) electrons. The number of carbonyl (C=O) groups excluding carboxylic acids is 1. The molecule has 0 spiro atoms. The highest BCUT2D eigenvalue weighted by molar-refractivity contribution is 14.1. The lowest BCUT2D eigenvalue weighted by atomic mass is 10.2. The molecule has 9 nitrogen and oxygen atoms in total. The van der Waals surface area contributed by atoms with Crippen LogP contribution in [0.15, 0.2) is 82.8 Å². The lowest BCUT2D eigenvalue weighted by Crippen LogP contribution is -2.17. The van der Waals surface area contributed by atoms with E-state index >= 15 is 0 Å². The summed E-state index contributed by atoms with van der Waals surface area (Å²) in [6.45, 7) is 0. The zero-order chi connectivity index (χ0) is 22.4. The Morgan fingerprint density at radius 3 is 2.55 bits per heavy atom. The SMILES string of the molecule is O=C(N/N=C\c1cccc(OS(=O)(=O)c2cccc([N+](=O)[O-])c2)c1)c1cccc(I)c1. The molecular weight excluding hydrogens is 537 g/mol. The number of hydrazone groups is 1. The summed E-state index contributed by atoms with van der Waals surface area (Å²) < 4.78 is 30.9. The van der Waals surface area contributed by atoms with Crippen molar-refractivity contribution in [2.75, 3.05) is 0 Å². The van der Waals surface area contributed by atoms with Crippen LogP contribution in [0.5, 0.6) is 5.75 Å². The number of nitro benzene ring substituents is 1. The number of carbonyl (C=O) groups is 1. The molecule has 158 valence electrons. The molecule has 0 aliphatic heterocycles. The minimum absolute atomic E-state index is 0.0144. The molecule has 0 atom stereocenters. The Kier molecular flexibility index (Phi) is 6.97. The molecule has 0 bridgehead atoms. The summed E-state index contributed by atoms with van der Waals surface area (Å²) in [5.41, 5.74) is 2.94. The van der Waals surface area contributed by atoms with E-state index in [1.54, 1.807) is 30.3 Å². The average Bonchev–Trinajstić information content (AvgIpc) is 2.74. The number of benzene rings is 3. The van der Waals surface area contributed by atoms with Gasteiger partial charge in [0.25, 0.3) is 11.6 Å². The Bertz CT molecular complexity index is 1280. The van der Waals surface area contributed by atoms with Gasteiger partial charge in [0.1, 0.15) is 10.6 Å². The maximum atomic E-state index is 12.4. The maximum absolute atomic E-state index is 12.4. The number of amides is 1. The van der Waals surface area contributed by atoms with Gasteiger partial charge in [0.2, 0.25) is 0 Å². The maximum Gasteiger partial charge on any atom is 0.339 e. The highest BCUT2D eigenvalue weighted by atomic mass is 127. The number of non-ortho nitro benzene ring substituents is 1. The Morgan fingerprint density at radius 1 is 1.06 bits per heavy atom. The molecular formula is C20H14IN3O6S. The highest BCUT2D eigenvalue weighted by Crippen LogP contribution is 2.22. The number of nitro groups is 1. The molecule has 0 saturated heterocycles. The zero-order valence-electron chi connectivity index (χ0n) is 15.6. The van der Waals surface area contributed by atoms with Crippen LogP contribution in [-0.2, 0) is 10.1 Å². The van der Waals surface area contributed by atoms with Gasteiger partial charge in [-0.1, -0.05) is 24.3 Å². The van der Waals surface area contributed by atoms with E-state index in [1.807, 2.05) is 6.07 Å². The highest BCUT2D eigenvalue weighted by Gasteiger charge is 2.20. The number of nitrogens with one attached hydrogen (secondary N) is 1. The first kappa shape index (κ1) is 22.4. The van der Waals surface area contributed by atoms with Crippen molar-refractivity contribution in [1.82, 2.24) is 5.43 Å². The number of rotatable bonds is 7. The largest absolute Gasteiger partial charge is 0.379 e. The second kappa shape index (κ2) is 9.66.